The second-order valence-corrected chi connectivity index (χ2v) is 20.2. The molecule has 0 spiro atoms. The van der Waals surface area contributed by atoms with Crippen LogP contribution in [0.4, 0.5) is 9.59 Å². The summed E-state index contributed by atoms with van der Waals surface area (Å²) in [5, 5.41) is 2.96. The molecular weight excluding hydrogens is 654 g/mol. The molecule has 0 aliphatic carbocycles. The Balaban J connectivity index is 1.22. The molecule has 3 aromatic rings. The normalized spacial score (nSPS) is 20.3. The Morgan fingerprint density at radius 3 is 2.14 bits per heavy atom. The molecule has 3 aliphatic rings. The van der Waals surface area contributed by atoms with E-state index in [0.29, 0.717) is 57.4 Å². The van der Waals surface area contributed by atoms with Gasteiger partial charge in [0.2, 0.25) is 0 Å². The number of nitrogens with zero attached hydrogens (tertiary/aromatic N) is 3. The fourth-order valence-electron chi connectivity index (χ4n) is 7.66. The summed E-state index contributed by atoms with van der Waals surface area (Å²) in [4.78, 5) is 33.2. The molecule has 49 heavy (non-hydrogen) atoms. The van der Waals surface area contributed by atoms with E-state index >= 15 is 0 Å². The summed E-state index contributed by atoms with van der Waals surface area (Å²) in [6.07, 6.45) is 1.02. The van der Waals surface area contributed by atoms with E-state index in [1.807, 2.05) is 42.7 Å². The zero-order valence-corrected chi connectivity index (χ0v) is 31.5. The van der Waals surface area contributed by atoms with Crippen molar-refractivity contribution in [3.63, 3.8) is 0 Å². The van der Waals surface area contributed by atoms with E-state index in [9.17, 15) is 9.59 Å². The Kier molecular flexibility index (Phi) is 10.2. The molecule has 262 valence electrons. The number of fused-ring (bicyclic) bond motifs is 1. The standard InChI is InChI=1S/C39H50ClN3O5Si/c1-38(2,3)47-37(45)43-21-22-46-27-35(43)33-24-29(40)23-28-17-19-42(26-34(28)33)36(44)41-20-18-30(25-41)48-49(39(4,5)6,31-13-9-7-10-14-31)32-15-11-8-12-16-32/h7-16,23-24,30,35H,17-22,25-27H2,1-6H3. The van der Waals surface area contributed by atoms with Gasteiger partial charge in [0.15, 0.2) is 0 Å². The van der Waals surface area contributed by atoms with Gasteiger partial charge in [-0.1, -0.05) is 93.0 Å². The molecule has 0 aromatic heterocycles. The van der Waals surface area contributed by atoms with Crippen molar-refractivity contribution in [2.24, 2.45) is 0 Å². The summed E-state index contributed by atoms with van der Waals surface area (Å²) in [7, 11) is -2.75. The van der Waals surface area contributed by atoms with E-state index in [1.54, 1.807) is 4.90 Å². The molecule has 0 saturated carbocycles. The zero-order valence-electron chi connectivity index (χ0n) is 29.7. The maximum absolute atomic E-state index is 14.2. The Bertz CT molecular complexity index is 1600. The highest BCUT2D eigenvalue weighted by molar-refractivity contribution is 6.99. The Morgan fingerprint density at radius 2 is 1.53 bits per heavy atom. The first-order valence-corrected chi connectivity index (χ1v) is 19.8. The number of carbonyl (C=O) groups is 2. The van der Waals surface area contributed by atoms with Crippen molar-refractivity contribution < 1.29 is 23.5 Å². The van der Waals surface area contributed by atoms with Crippen LogP contribution in [0.5, 0.6) is 0 Å². The van der Waals surface area contributed by atoms with E-state index < -0.39 is 13.9 Å². The molecule has 3 aromatic carbocycles. The van der Waals surface area contributed by atoms with Crippen LogP contribution < -0.4 is 10.4 Å². The fraction of sp³-hybridized carbons (Fsp3) is 0.487. The molecule has 2 saturated heterocycles. The van der Waals surface area contributed by atoms with Gasteiger partial charge >= 0.3 is 12.1 Å². The van der Waals surface area contributed by atoms with Gasteiger partial charge < -0.3 is 23.7 Å². The minimum Gasteiger partial charge on any atom is -0.444 e. The summed E-state index contributed by atoms with van der Waals surface area (Å²) in [6.45, 7) is 15.9. The van der Waals surface area contributed by atoms with Crippen LogP contribution >= 0.6 is 11.6 Å². The van der Waals surface area contributed by atoms with Crippen LogP contribution in [0, 0.1) is 0 Å². The number of morpholine rings is 1. The number of hydrogen-bond acceptors (Lipinski definition) is 5. The van der Waals surface area contributed by atoms with Crippen molar-refractivity contribution in [2.45, 2.75) is 83.7 Å². The third kappa shape index (κ3) is 7.41. The highest BCUT2D eigenvalue weighted by atomic mass is 35.5. The first kappa shape index (κ1) is 35.5. The lowest BCUT2D eigenvalue weighted by Crippen LogP contribution is -2.67. The third-order valence-corrected chi connectivity index (χ3v) is 15.2. The third-order valence-electron chi connectivity index (χ3n) is 9.90. The lowest BCUT2D eigenvalue weighted by Gasteiger charge is -2.44. The number of likely N-dealkylation sites (tertiary alicyclic amines) is 1. The predicted molar refractivity (Wildman–Crippen MR) is 196 cm³/mol. The molecule has 2 unspecified atom stereocenters. The summed E-state index contributed by atoms with van der Waals surface area (Å²) < 4.78 is 19.0. The highest BCUT2D eigenvalue weighted by Crippen LogP contribution is 2.39. The first-order chi connectivity index (χ1) is 23.3. The second-order valence-electron chi connectivity index (χ2n) is 15.5. The quantitative estimate of drug-likeness (QED) is 0.274. The summed E-state index contributed by atoms with van der Waals surface area (Å²) in [5.74, 6) is 0. The molecular formula is C39H50ClN3O5Si. The topological polar surface area (TPSA) is 71.5 Å². The molecule has 10 heteroatoms. The Hall–Kier alpha value is -3.37. The minimum atomic E-state index is -2.75. The van der Waals surface area contributed by atoms with Crippen LogP contribution in [0.1, 0.15) is 70.7 Å². The van der Waals surface area contributed by atoms with Gasteiger partial charge in [-0.25, -0.2) is 9.59 Å². The van der Waals surface area contributed by atoms with E-state index in [-0.39, 0.29) is 29.3 Å². The molecule has 3 amide bonds. The molecule has 0 bridgehead atoms. The van der Waals surface area contributed by atoms with E-state index in [1.165, 1.54) is 10.4 Å². The number of rotatable bonds is 5. The Labute approximate surface area is 297 Å². The molecule has 0 radical (unpaired) electrons. The smallest absolute Gasteiger partial charge is 0.410 e. The lowest BCUT2D eigenvalue weighted by atomic mass is 9.90. The fourth-order valence-corrected chi connectivity index (χ4v) is 12.6. The van der Waals surface area contributed by atoms with Crippen molar-refractivity contribution in [3.8, 4) is 0 Å². The maximum Gasteiger partial charge on any atom is 0.410 e. The zero-order chi connectivity index (χ0) is 35.0. The van der Waals surface area contributed by atoms with Crippen molar-refractivity contribution in [1.82, 2.24) is 14.7 Å². The van der Waals surface area contributed by atoms with Crippen LogP contribution in [0.25, 0.3) is 0 Å². The van der Waals surface area contributed by atoms with Crippen LogP contribution in [0.15, 0.2) is 72.8 Å². The molecule has 6 rings (SSSR count). The van der Waals surface area contributed by atoms with Crippen LogP contribution in [-0.2, 0) is 26.9 Å². The van der Waals surface area contributed by atoms with Crippen molar-refractivity contribution >= 4 is 42.4 Å². The largest absolute Gasteiger partial charge is 0.444 e. The maximum atomic E-state index is 14.2. The van der Waals surface area contributed by atoms with Crippen molar-refractivity contribution in [3.05, 3.63) is 94.5 Å². The molecule has 0 N–H and O–H groups in total. The van der Waals surface area contributed by atoms with Gasteiger partial charge in [0.25, 0.3) is 8.32 Å². The average molecular weight is 704 g/mol. The van der Waals surface area contributed by atoms with Gasteiger partial charge in [-0.2, -0.15) is 0 Å². The highest BCUT2D eigenvalue weighted by Gasteiger charge is 2.52. The van der Waals surface area contributed by atoms with Gasteiger partial charge in [0, 0.05) is 37.7 Å². The molecule has 2 atom stereocenters. The molecule has 8 nitrogen and oxygen atoms in total. The Morgan fingerprint density at radius 1 is 0.878 bits per heavy atom. The van der Waals surface area contributed by atoms with Gasteiger partial charge in [0.05, 0.1) is 25.4 Å². The number of carbonyl (C=O) groups excluding carboxylic acids is 2. The number of ether oxygens (including phenoxy) is 2. The molecule has 3 aliphatic heterocycles. The van der Waals surface area contributed by atoms with Crippen LogP contribution in [0.3, 0.4) is 0 Å². The number of urea groups is 1. The van der Waals surface area contributed by atoms with Crippen molar-refractivity contribution in [1.29, 1.82) is 0 Å². The monoisotopic (exact) mass is 703 g/mol. The SMILES string of the molecule is CC(C)(C)OC(=O)N1CCOCC1c1cc(Cl)cc2c1CN(C(=O)N1CCC(O[Si](c3ccccc3)(c3ccccc3)C(C)(C)C)C1)CC2. The predicted octanol–water partition coefficient (Wildman–Crippen LogP) is 6.78. The minimum absolute atomic E-state index is 0.0176. The van der Waals surface area contributed by atoms with E-state index in [0.717, 1.165) is 23.1 Å². The first-order valence-electron chi connectivity index (χ1n) is 17.5. The van der Waals surface area contributed by atoms with E-state index in [4.69, 9.17) is 25.5 Å². The number of amides is 3. The van der Waals surface area contributed by atoms with Crippen molar-refractivity contribution in [2.75, 3.05) is 39.4 Å². The number of benzene rings is 3. The summed E-state index contributed by atoms with van der Waals surface area (Å²) in [6, 6.07) is 24.9. The number of hydrogen-bond donors (Lipinski definition) is 0. The van der Waals surface area contributed by atoms with E-state index in [2.05, 4.69) is 81.4 Å². The summed E-state index contributed by atoms with van der Waals surface area (Å²) >= 11 is 6.65. The van der Waals surface area contributed by atoms with Gasteiger partial charge in [-0.05, 0) is 77.8 Å². The van der Waals surface area contributed by atoms with Crippen LogP contribution in [-0.4, -0.2) is 86.2 Å². The molecule has 3 heterocycles. The summed E-state index contributed by atoms with van der Waals surface area (Å²) in [5.41, 5.74) is 2.44. The van der Waals surface area contributed by atoms with Gasteiger partial charge in [0.1, 0.15) is 5.60 Å². The number of halogens is 1. The molecule has 2 fully saturated rings. The van der Waals surface area contributed by atoms with Gasteiger partial charge in [-0.15, -0.1) is 0 Å². The van der Waals surface area contributed by atoms with Crippen LogP contribution in [0.2, 0.25) is 10.1 Å². The second kappa shape index (κ2) is 14.1. The average Bonchev–Trinajstić information content (AvgIpc) is 3.54. The van der Waals surface area contributed by atoms with Gasteiger partial charge in [-0.3, -0.25) is 4.90 Å². The lowest BCUT2D eigenvalue weighted by molar-refractivity contribution is -0.0334.